The second-order valence-corrected chi connectivity index (χ2v) is 2.87. The van der Waals surface area contributed by atoms with Crippen LogP contribution >= 0.6 is 0 Å². The third-order valence-corrected chi connectivity index (χ3v) is 1.84. The number of carbonyl (C=O) groups is 1. The van der Waals surface area contributed by atoms with Crippen molar-refractivity contribution in [2.75, 3.05) is 0 Å². The fourth-order valence-electron chi connectivity index (χ4n) is 0.984. The summed E-state index contributed by atoms with van der Waals surface area (Å²) in [6, 6.07) is 4.61. The number of para-hydroxylation sites is 1. The van der Waals surface area contributed by atoms with E-state index in [1.165, 1.54) is 18.2 Å². The summed E-state index contributed by atoms with van der Waals surface area (Å²) >= 11 is 0. The van der Waals surface area contributed by atoms with Crippen LogP contribution in [0.15, 0.2) is 24.3 Å². The van der Waals surface area contributed by atoms with E-state index in [-0.39, 0.29) is 17.3 Å². The quantitative estimate of drug-likeness (QED) is 0.569. The first-order valence-corrected chi connectivity index (χ1v) is 4.37. The maximum atomic E-state index is 11.0. The summed E-state index contributed by atoms with van der Waals surface area (Å²) in [5, 5.41) is 18.5. The number of hydrogen-bond donors (Lipinski definition) is 2. The van der Waals surface area contributed by atoms with Crippen LogP contribution in [0.1, 0.15) is 18.9 Å². The number of hydrogen-bond acceptors (Lipinski definition) is 3. The van der Waals surface area contributed by atoms with Crippen molar-refractivity contribution < 1.29 is 15.0 Å². The standard InChI is InChI=1S/C11H12O3/c1-2-9(12)7-6-8-4-3-5-10(13)11(8)14/h3-7,13-14H,2H2,1H3. The fraction of sp³-hybridized carbons (Fsp3) is 0.182. The normalized spacial score (nSPS) is 10.6. The highest BCUT2D eigenvalue weighted by Crippen LogP contribution is 2.28. The Bertz CT molecular complexity index is 367. The van der Waals surface area contributed by atoms with Crippen molar-refractivity contribution in [3.05, 3.63) is 29.8 Å². The van der Waals surface area contributed by atoms with Crippen LogP contribution in [0.2, 0.25) is 0 Å². The predicted octanol–water partition coefficient (Wildman–Crippen LogP) is 2.09. The van der Waals surface area contributed by atoms with Crippen molar-refractivity contribution in [1.29, 1.82) is 0 Å². The Hall–Kier alpha value is -1.77. The van der Waals surface area contributed by atoms with E-state index < -0.39 is 0 Å². The zero-order valence-electron chi connectivity index (χ0n) is 7.90. The van der Waals surface area contributed by atoms with E-state index in [4.69, 9.17) is 5.11 Å². The molecule has 0 heterocycles. The third kappa shape index (κ3) is 2.36. The molecule has 0 aliphatic rings. The van der Waals surface area contributed by atoms with Gasteiger partial charge in [-0.2, -0.15) is 0 Å². The number of phenols is 2. The van der Waals surface area contributed by atoms with Crippen molar-refractivity contribution in [3.63, 3.8) is 0 Å². The number of carbonyl (C=O) groups excluding carboxylic acids is 1. The molecule has 0 bridgehead atoms. The molecule has 0 aliphatic heterocycles. The molecular weight excluding hydrogens is 180 g/mol. The van der Waals surface area contributed by atoms with Gasteiger partial charge in [0.2, 0.25) is 0 Å². The Kier molecular flexibility index (Phi) is 3.29. The lowest BCUT2D eigenvalue weighted by Gasteiger charge is -2.00. The van der Waals surface area contributed by atoms with Crippen LogP contribution in [0.25, 0.3) is 6.08 Å². The van der Waals surface area contributed by atoms with Crippen LogP contribution in [0, 0.1) is 0 Å². The monoisotopic (exact) mass is 192 g/mol. The lowest BCUT2D eigenvalue weighted by molar-refractivity contribution is -0.114. The molecule has 0 aromatic heterocycles. The highest BCUT2D eigenvalue weighted by molar-refractivity contribution is 5.93. The molecule has 0 amide bonds. The Labute approximate surface area is 82.3 Å². The minimum absolute atomic E-state index is 0.0206. The minimum Gasteiger partial charge on any atom is -0.504 e. The van der Waals surface area contributed by atoms with Gasteiger partial charge in [0.05, 0.1) is 0 Å². The Morgan fingerprint density at radius 3 is 2.79 bits per heavy atom. The van der Waals surface area contributed by atoms with Crippen LogP contribution in [0.4, 0.5) is 0 Å². The third-order valence-electron chi connectivity index (χ3n) is 1.84. The number of phenolic OH excluding ortho intramolecular Hbond substituents is 2. The maximum Gasteiger partial charge on any atom is 0.164 e. The summed E-state index contributed by atoms with van der Waals surface area (Å²) in [7, 11) is 0. The largest absolute Gasteiger partial charge is 0.504 e. The van der Waals surface area contributed by atoms with Gasteiger partial charge < -0.3 is 10.2 Å². The van der Waals surface area contributed by atoms with Crippen molar-refractivity contribution in [1.82, 2.24) is 0 Å². The first kappa shape index (κ1) is 10.3. The van der Waals surface area contributed by atoms with Gasteiger partial charge in [-0.15, -0.1) is 0 Å². The molecule has 0 radical (unpaired) electrons. The fourth-order valence-corrected chi connectivity index (χ4v) is 0.984. The van der Waals surface area contributed by atoms with Crippen molar-refractivity contribution in [3.8, 4) is 11.5 Å². The molecule has 1 rings (SSSR count). The SMILES string of the molecule is CCC(=O)C=Cc1cccc(O)c1O. The van der Waals surface area contributed by atoms with Gasteiger partial charge in [-0.05, 0) is 18.2 Å². The molecule has 74 valence electrons. The van der Waals surface area contributed by atoms with Gasteiger partial charge in [-0.25, -0.2) is 0 Å². The molecule has 1 aromatic rings. The van der Waals surface area contributed by atoms with Gasteiger partial charge in [0, 0.05) is 12.0 Å². The number of ketones is 1. The number of allylic oxidation sites excluding steroid dienone is 1. The molecule has 1 aromatic carbocycles. The number of benzene rings is 1. The Morgan fingerprint density at radius 2 is 2.14 bits per heavy atom. The lowest BCUT2D eigenvalue weighted by Crippen LogP contribution is -1.86. The van der Waals surface area contributed by atoms with Gasteiger partial charge in [0.15, 0.2) is 17.3 Å². The predicted molar refractivity (Wildman–Crippen MR) is 54.1 cm³/mol. The zero-order valence-corrected chi connectivity index (χ0v) is 7.90. The summed E-state index contributed by atoms with van der Waals surface area (Å²) in [5.41, 5.74) is 0.437. The summed E-state index contributed by atoms with van der Waals surface area (Å²) in [5.74, 6) is -0.406. The highest BCUT2D eigenvalue weighted by atomic mass is 16.3. The number of rotatable bonds is 3. The first-order chi connectivity index (χ1) is 6.65. The van der Waals surface area contributed by atoms with Gasteiger partial charge in [-0.1, -0.05) is 19.1 Å². The van der Waals surface area contributed by atoms with Gasteiger partial charge >= 0.3 is 0 Å². The van der Waals surface area contributed by atoms with Crippen molar-refractivity contribution >= 4 is 11.9 Å². The molecule has 0 atom stereocenters. The van der Waals surface area contributed by atoms with E-state index in [2.05, 4.69) is 0 Å². The summed E-state index contributed by atoms with van der Waals surface area (Å²) < 4.78 is 0. The van der Waals surface area contributed by atoms with Crippen molar-refractivity contribution in [2.24, 2.45) is 0 Å². The second-order valence-electron chi connectivity index (χ2n) is 2.87. The van der Waals surface area contributed by atoms with E-state index in [1.54, 1.807) is 19.1 Å². The highest BCUT2D eigenvalue weighted by Gasteiger charge is 2.02. The molecule has 0 saturated heterocycles. The van der Waals surface area contributed by atoms with E-state index in [9.17, 15) is 9.90 Å². The molecule has 3 nitrogen and oxygen atoms in total. The molecule has 3 heteroatoms. The molecule has 0 fully saturated rings. The van der Waals surface area contributed by atoms with Crippen LogP contribution in [0.3, 0.4) is 0 Å². The minimum atomic E-state index is -0.201. The second kappa shape index (κ2) is 4.46. The molecule has 0 unspecified atom stereocenters. The number of aromatic hydroxyl groups is 2. The van der Waals surface area contributed by atoms with Crippen LogP contribution in [-0.4, -0.2) is 16.0 Å². The first-order valence-electron chi connectivity index (χ1n) is 4.37. The average molecular weight is 192 g/mol. The molecule has 0 saturated carbocycles. The molecule has 14 heavy (non-hydrogen) atoms. The van der Waals surface area contributed by atoms with Crippen LogP contribution in [-0.2, 0) is 4.79 Å². The molecular formula is C11H12O3. The zero-order chi connectivity index (χ0) is 10.6. The van der Waals surface area contributed by atoms with E-state index in [1.807, 2.05) is 0 Å². The van der Waals surface area contributed by atoms with Crippen molar-refractivity contribution in [2.45, 2.75) is 13.3 Å². The van der Waals surface area contributed by atoms with Gasteiger partial charge in [0.1, 0.15) is 0 Å². The Balaban J connectivity index is 2.92. The Morgan fingerprint density at radius 1 is 1.43 bits per heavy atom. The van der Waals surface area contributed by atoms with Crippen LogP contribution < -0.4 is 0 Å². The van der Waals surface area contributed by atoms with Gasteiger partial charge in [-0.3, -0.25) is 4.79 Å². The molecule has 0 spiro atoms. The smallest absolute Gasteiger partial charge is 0.164 e. The van der Waals surface area contributed by atoms with E-state index in [0.29, 0.717) is 12.0 Å². The maximum absolute atomic E-state index is 11.0. The summed E-state index contributed by atoms with van der Waals surface area (Å²) in [6.07, 6.45) is 3.30. The molecule has 2 N–H and O–H groups in total. The van der Waals surface area contributed by atoms with E-state index in [0.717, 1.165) is 0 Å². The molecule has 0 aliphatic carbocycles. The topological polar surface area (TPSA) is 57.5 Å². The average Bonchev–Trinajstić information content (AvgIpc) is 2.20. The van der Waals surface area contributed by atoms with E-state index >= 15 is 0 Å². The summed E-state index contributed by atoms with van der Waals surface area (Å²) in [4.78, 5) is 11.0. The summed E-state index contributed by atoms with van der Waals surface area (Å²) in [6.45, 7) is 1.76. The lowest BCUT2D eigenvalue weighted by atomic mass is 10.1. The van der Waals surface area contributed by atoms with Gasteiger partial charge in [0.25, 0.3) is 0 Å². The van der Waals surface area contributed by atoms with Crippen LogP contribution in [0.5, 0.6) is 11.5 Å².